The topological polar surface area (TPSA) is 67.7 Å². The quantitative estimate of drug-likeness (QED) is 0.750. The lowest BCUT2D eigenvalue weighted by molar-refractivity contribution is 0.268. The number of para-hydroxylation sites is 1. The van der Waals surface area contributed by atoms with Gasteiger partial charge in [0.2, 0.25) is 0 Å². The summed E-state index contributed by atoms with van der Waals surface area (Å²) in [6, 6.07) is 17.1. The van der Waals surface area contributed by atoms with Gasteiger partial charge in [-0.05, 0) is 17.7 Å². The van der Waals surface area contributed by atoms with Crippen molar-refractivity contribution < 1.29 is 9.84 Å². The summed E-state index contributed by atoms with van der Waals surface area (Å²) in [5, 5.41) is 9.85. The van der Waals surface area contributed by atoms with E-state index in [-0.39, 0.29) is 30.9 Å². The van der Waals surface area contributed by atoms with E-state index in [4.69, 9.17) is 4.74 Å². The van der Waals surface area contributed by atoms with Gasteiger partial charge in [-0.2, -0.15) is 0 Å². The largest absolute Gasteiger partial charge is 0.395 e. The standard InChI is InChI=1S/C18H16N2O3/c21-11-10-20-17(16-15(23-16)12-6-2-1-3-7-12)19-14-9-5-4-8-13(14)18(20)22/h1-9,15-16,21H,10-11H2. The van der Waals surface area contributed by atoms with Crippen molar-refractivity contribution >= 4 is 10.9 Å². The van der Waals surface area contributed by atoms with Gasteiger partial charge >= 0.3 is 0 Å². The van der Waals surface area contributed by atoms with Crippen LogP contribution in [0.5, 0.6) is 0 Å². The molecule has 1 aliphatic rings. The summed E-state index contributed by atoms with van der Waals surface area (Å²) < 4.78 is 7.30. The number of aliphatic hydroxyl groups is 1. The fraction of sp³-hybridized carbons (Fsp3) is 0.222. The van der Waals surface area contributed by atoms with Crippen molar-refractivity contribution in [3.05, 3.63) is 76.3 Å². The first-order valence-corrected chi connectivity index (χ1v) is 7.60. The zero-order valence-corrected chi connectivity index (χ0v) is 12.4. The Balaban J connectivity index is 1.81. The van der Waals surface area contributed by atoms with E-state index >= 15 is 0 Å². The van der Waals surface area contributed by atoms with Crippen LogP contribution in [0.1, 0.15) is 23.6 Å². The molecule has 1 N–H and O–H groups in total. The lowest BCUT2D eigenvalue weighted by atomic mass is 10.1. The van der Waals surface area contributed by atoms with Gasteiger partial charge in [0, 0.05) is 0 Å². The van der Waals surface area contributed by atoms with Gasteiger partial charge < -0.3 is 9.84 Å². The number of aliphatic hydroxyl groups excluding tert-OH is 1. The first-order valence-electron chi connectivity index (χ1n) is 7.60. The molecule has 3 aromatic rings. The first kappa shape index (κ1) is 14.1. The molecule has 2 unspecified atom stereocenters. The number of nitrogens with zero attached hydrogens (tertiary/aromatic N) is 2. The predicted octanol–water partition coefficient (Wildman–Crippen LogP) is 2.20. The van der Waals surface area contributed by atoms with E-state index in [0.29, 0.717) is 16.7 Å². The maximum Gasteiger partial charge on any atom is 0.261 e. The summed E-state index contributed by atoms with van der Waals surface area (Å²) in [6.45, 7) is 0.100. The fourth-order valence-corrected chi connectivity index (χ4v) is 2.92. The molecule has 1 aromatic heterocycles. The molecule has 2 aromatic carbocycles. The Morgan fingerprint density at radius 1 is 1.04 bits per heavy atom. The number of hydrogen-bond acceptors (Lipinski definition) is 4. The predicted molar refractivity (Wildman–Crippen MR) is 86.1 cm³/mol. The number of benzene rings is 2. The van der Waals surface area contributed by atoms with Gasteiger partial charge in [-0.1, -0.05) is 42.5 Å². The van der Waals surface area contributed by atoms with Crippen LogP contribution in [0.2, 0.25) is 0 Å². The molecule has 23 heavy (non-hydrogen) atoms. The van der Waals surface area contributed by atoms with Gasteiger partial charge in [-0.3, -0.25) is 9.36 Å². The zero-order valence-electron chi connectivity index (χ0n) is 12.4. The van der Waals surface area contributed by atoms with Crippen molar-refractivity contribution in [1.82, 2.24) is 9.55 Å². The Morgan fingerprint density at radius 3 is 2.57 bits per heavy atom. The van der Waals surface area contributed by atoms with Crippen LogP contribution in [0.3, 0.4) is 0 Å². The second-order valence-electron chi connectivity index (χ2n) is 5.56. The Kier molecular flexibility index (Phi) is 3.44. The maximum absolute atomic E-state index is 12.7. The van der Waals surface area contributed by atoms with Gasteiger partial charge in [-0.25, -0.2) is 4.98 Å². The number of epoxide rings is 1. The van der Waals surface area contributed by atoms with Crippen LogP contribution in [0.4, 0.5) is 0 Å². The third kappa shape index (κ3) is 2.44. The molecule has 116 valence electrons. The highest BCUT2D eigenvalue weighted by atomic mass is 16.6. The maximum atomic E-state index is 12.7. The van der Waals surface area contributed by atoms with E-state index < -0.39 is 0 Å². The van der Waals surface area contributed by atoms with Gasteiger partial charge in [0.15, 0.2) is 0 Å². The van der Waals surface area contributed by atoms with E-state index in [1.54, 1.807) is 6.07 Å². The second kappa shape index (κ2) is 5.61. The van der Waals surface area contributed by atoms with Gasteiger partial charge in [-0.15, -0.1) is 0 Å². The van der Waals surface area contributed by atoms with Gasteiger partial charge in [0.25, 0.3) is 5.56 Å². The molecule has 1 aliphatic heterocycles. The molecule has 0 bridgehead atoms. The van der Waals surface area contributed by atoms with Crippen LogP contribution in [-0.4, -0.2) is 21.3 Å². The Morgan fingerprint density at radius 2 is 1.78 bits per heavy atom. The monoisotopic (exact) mass is 308 g/mol. The molecule has 0 radical (unpaired) electrons. The van der Waals surface area contributed by atoms with E-state index in [2.05, 4.69) is 4.98 Å². The minimum Gasteiger partial charge on any atom is -0.395 e. The number of fused-ring (bicyclic) bond motifs is 1. The van der Waals surface area contributed by atoms with Crippen LogP contribution in [0.25, 0.3) is 10.9 Å². The Bertz CT molecular complexity index is 905. The molecule has 1 saturated heterocycles. The zero-order chi connectivity index (χ0) is 15.8. The highest BCUT2D eigenvalue weighted by molar-refractivity contribution is 5.77. The van der Waals surface area contributed by atoms with Gasteiger partial charge in [0.05, 0.1) is 24.1 Å². The van der Waals surface area contributed by atoms with Crippen molar-refractivity contribution in [2.45, 2.75) is 18.8 Å². The van der Waals surface area contributed by atoms with Crippen molar-refractivity contribution in [2.75, 3.05) is 6.61 Å². The number of hydrogen-bond donors (Lipinski definition) is 1. The summed E-state index contributed by atoms with van der Waals surface area (Å²) in [7, 11) is 0. The van der Waals surface area contributed by atoms with E-state index in [0.717, 1.165) is 5.56 Å². The molecule has 2 heterocycles. The summed E-state index contributed by atoms with van der Waals surface area (Å²) >= 11 is 0. The van der Waals surface area contributed by atoms with Crippen molar-refractivity contribution in [2.24, 2.45) is 0 Å². The number of aromatic nitrogens is 2. The first-order chi connectivity index (χ1) is 11.3. The molecule has 0 amide bonds. The van der Waals surface area contributed by atoms with E-state index in [1.807, 2.05) is 48.5 Å². The smallest absolute Gasteiger partial charge is 0.261 e. The SMILES string of the molecule is O=c1c2ccccc2nc(C2OC2c2ccccc2)n1CCO. The van der Waals surface area contributed by atoms with Crippen molar-refractivity contribution in [3.63, 3.8) is 0 Å². The summed E-state index contributed by atoms with van der Waals surface area (Å²) in [5.74, 6) is 0.580. The average molecular weight is 308 g/mol. The van der Waals surface area contributed by atoms with Crippen LogP contribution < -0.4 is 5.56 Å². The minimum atomic E-state index is -0.249. The molecule has 0 aliphatic carbocycles. The van der Waals surface area contributed by atoms with Crippen LogP contribution in [0.15, 0.2) is 59.4 Å². The van der Waals surface area contributed by atoms with Gasteiger partial charge in [0.1, 0.15) is 18.0 Å². The summed E-state index contributed by atoms with van der Waals surface area (Å²) in [4.78, 5) is 17.3. The van der Waals surface area contributed by atoms with Crippen LogP contribution in [-0.2, 0) is 11.3 Å². The molecule has 5 nitrogen and oxygen atoms in total. The summed E-state index contributed by atoms with van der Waals surface area (Å²) in [6.07, 6.45) is -0.338. The average Bonchev–Trinajstić information content (AvgIpc) is 3.39. The molecule has 0 spiro atoms. The molecule has 0 saturated carbocycles. The molecule has 2 atom stereocenters. The van der Waals surface area contributed by atoms with Crippen molar-refractivity contribution in [1.29, 1.82) is 0 Å². The third-order valence-corrected chi connectivity index (χ3v) is 4.09. The minimum absolute atomic E-state index is 0.0887. The summed E-state index contributed by atoms with van der Waals surface area (Å²) in [5.41, 5.74) is 1.58. The normalized spacial score (nSPS) is 19.9. The van der Waals surface area contributed by atoms with Crippen LogP contribution >= 0.6 is 0 Å². The Hall–Kier alpha value is -2.50. The highest BCUT2D eigenvalue weighted by Crippen LogP contribution is 2.50. The number of ether oxygens (including phenoxy) is 1. The molecule has 1 fully saturated rings. The molecular weight excluding hydrogens is 292 g/mol. The van der Waals surface area contributed by atoms with Crippen molar-refractivity contribution in [3.8, 4) is 0 Å². The number of rotatable bonds is 4. The molecular formula is C18H16N2O3. The lowest BCUT2D eigenvalue weighted by Crippen LogP contribution is -2.26. The van der Waals surface area contributed by atoms with E-state index in [1.165, 1.54) is 4.57 Å². The third-order valence-electron chi connectivity index (χ3n) is 4.09. The highest BCUT2D eigenvalue weighted by Gasteiger charge is 2.44. The van der Waals surface area contributed by atoms with Crippen LogP contribution in [0, 0.1) is 0 Å². The fourth-order valence-electron chi connectivity index (χ4n) is 2.92. The Labute approximate surface area is 132 Å². The lowest BCUT2D eigenvalue weighted by Gasteiger charge is -2.10. The van der Waals surface area contributed by atoms with E-state index in [9.17, 15) is 9.90 Å². The molecule has 4 rings (SSSR count). The second-order valence-corrected chi connectivity index (χ2v) is 5.56. The molecule has 5 heteroatoms.